The molecule has 0 atom stereocenters. The van der Waals surface area contributed by atoms with Crippen LogP contribution < -0.4 is 20.4 Å². The van der Waals surface area contributed by atoms with Gasteiger partial charge in [-0.15, -0.1) is 0 Å². The highest BCUT2D eigenvalue weighted by molar-refractivity contribution is 7.98. The van der Waals surface area contributed by atoms with Gasteiger partial charge in [-0.05, 0) is 35.9 Å². The maximum atomic E-state index is 12.2. The highest BCUT2D eigenvalue weighted by Gasteiger charge is 2.14. The van der Waals surface area contributed by atoms with E-state index in [-0.39, 0.29) is 0 Å². The van der Waals surface area contributed by atoms with Gasteiger partial charge in [0.15, 0.2) is 16.7 Å². The van der Waals surface area contributed by atoms with Crippen LogP contribution in [-0.2, 0) is 5.75 Å². The molecule has 34 heavy (non-hydrogen) atoms. The van der Waals surface area contributed by atoms with Crippen LogP contribution in [0.3, 0.4) is 0 Å². The fourth-order valence-corrected chi connectivity index (χ4v) is 4.53. The van der Waals surface area contributed by atoms with Crippen molar-refractivity contribution in [3.63, 3.8) is 0 Å². The average Bonchev–Trinajstić information content (AvgIpc) is 2.87. The Morgan fingerprint density at radius 2 is 1.62 bits per heavy atom. The maximum Gasteiger partial charge on any atom is 0.336 e. The predicted octanol–water partition coefficient (Wildman–Crippen LogP) is 5.79. The highest BCUT2D eigenvalue weighted by atomic mass is 32.2. The first-order valence-electron chi connectivity index (χ1n) is 10.5. The summed E-state index contributed by atoms with van der Waals surface area (Å²) in [5.74, 6) is 2.26. The number of fused-ring (bicyclic) bond motifs is 2. The number of rotatable bonds is 7. The zero-order valence-electron chi connectivity index (χ0n) is 18.6. The van der Waals surface area contributed by atoms with Gasteiger partial charge in [-0.1, -0.05) is 42.1 Å². The van der Waals surface area contributed by atoms with Crippen LogP contribution in [-0.4, -0.2) is 24.2 Å². The fraction of sp³-hybridized carbons (Fsp3) is 0.115. The summed E-state index contributed by atoms with van der Waals surface area (Å²) in [6.07, 6.45) is 0. The van der Waals surface area contributed by atoms with Crippen molar-refractivity contribution in [3.05, 3.63) is 88.8 Å². The van der Waals surface area contributed by atoms with Gasteiger partial charge in [-0.2, -0.15) is 0 Å². The number of nitrogens with one attached hydrogen (secondary N) is 1. The third kappa shape index (κ3) is 4.40. The first-order chi connectivity index (χ1) is 16.6. The van der Waals surface area contributed by atoms with Gasteiger partial charge in [-0.3, -0.25) is 0 Å². The molecule has 3 aromatic carbocycles. The first kappa shape index (κ1) is 21.8. The first-order valence-corrected chi connectivity index (χ1v) is 11.5. The molecule has 0 bridgehead atoms. The number of thioether (sulfide) groups is 1. The van der Waals surface area contributed by atoms with E-state index in [0.29, 0.717) is 28.0 Å². The molecule has 0 amide bonds. The van der Waals surface area contributed by atoms with Crippen LogP contribution in [0, 0.1) is 0 Å². The van der Waals surface area contributed by atoms with E-state index in [4.69, 9.17) is 23.9 Å². The molecule has 8 heteroatoms. The molecule has 0 radical (unpaired) electrons. The standard InChI is InChI=1S/C26H21N3O4S/c1-31-22-13-19-16(12-24(30)33-21(19)14-23(22)32-2)15-34-26-28-20-11-7-6-10-18(20)25(29-26)27-17-8-4-3-5-9-17/h3-14H,15H2,1-2H3,(H,27,28,29). The van der Waals surface area contributed by atoms with Crippen LogP contribution in [0.2, 0.25) is 0 Å². The van der Waals surface area contributed by atoms with Crippen molar-refractivity contribution in [3.8, 4) is 11.5 Å². The van der Waals surface area contributed by atoms with E-state index in [0.717, 1.165) is 33.4 Å². The SMILES string of the molecule is COc1cc2oc(=O)cc(CSc3nc(Nc4ccccc4)c4ccccc4n3)c2cc1OC. The number of nitrogens with zero attached hydrogens (tertiary/aromatic N) is 2. The normalized spacial score (nSPS) is 11.0. The molecule has 0 aliphatic rings. The van der Waals surface area contributed by atoms with Crippen molar-refractivity contribution in [2.45, 2.75) is 10.9 Å². The Morgan fingerprint density at radius 1 is 0.882 bits per heavy atom. The molecule has 2 aromatic heterocycles. The van der Waals surface area contributed by atoms with Gasteiger partial charge < -0.3 is 19.2 Å². The van der Waals surface area contributed by atoms with Gasteiger partial charge in [0, 0.05) is 34.3 Å². The van der Waals surface area contributed by atoms with E-state index in [1.54, 1.807) is 20.3 Å². The Balaban J connectivity index is 1.51. The van der Waals surface area contributed by atoms with Crippen molar-refractivity contribution in [2.24, 2.45) is 0 Å². The van der Waals surface area contributed by atoms with Crippen LogP contribution in [0.5, 0.6) is 11.5 Å². The van der Waals surface area contributed by atoms with Gasteiger partial charge in [0.25, 0.3) is 0 Å². The van der Waals surface area contributed by atoms with Crippen molar-refractivity contribution in [1.29, 1.82) is 0 Å². The quantitative estimate of drug-likeness (QED) is 0.181. The average molecular weight is 472 g/mol. The monoisotopic (exact) mass is 471 g/mol. The Kier molecular flexibility index (Phi) is 6.05. The van der Waals surface area contributed by atoms with E-state index in [1.165, 1.54) is 17.8 Å². The second-order valence-corrected chi connectivity index (χ2v) is 8.39. The smallest absolute Gasteiger partial charge is 0.336 e. The number of hydrogen-bond donors (Lipinski definition) is 1. The van der Waals surface area contributed by atoms with Crippen molar-refractivity contribution in [2.75, 3.05) is 19.5 Å². The van der Waals surface area contributed by atoms with Gasteiger partial charge in [-0.25, -0.2) is 14.8 Å². The molecule has 0 unspecified atom stereocenters. The summed E-state index contributed by atoms with van der Waals surface area (Å²) < 4.78 is 16.2. The summed E-state index contributed by atoms with van der Waals surface area (Å²) in [6.45, 7) is 0. The second kappa shape index (κ2) is 9.44. The lowest BCUT2D eigenvalue weighted by Gasteiger charge is -2.12. The van der Waals surface area contributed by atoms with Gasteiger partial charge in [0.2, 0.25) is 0 Å². The van der Waals surface area contributed by atoms with Gasteiger partial charge in [0.05, 0.1) is 19.7 Å². The molecular formula is C26H21N3O4S. The lowest BCUT2D eigenvalue weighted by atomic mass is 10.1. The zero-order chi connectivity index (χ0) is 23.5. The van der Waals surface area contributed by atoms with Crippen LogP contribution in [0.4, 0.5) is 11.5 Å². The number of anilines is 2. The van der Waals surface area contributed by atoms with E-state index >= 15 is 0 Å². The Hall–Kier alpha value is -4.04. The molecular weight excluding hydrogens is 450 g/mol. The van der Waals surface area contributed by atoms with E-state index in [9.17, 15) is 4.79 Å². The molecule has 0 fully saturated rings. The Labute approximate surface area is 199 Å². The third-order valence-electron chi connectivity index (χ3n) is 5.31. The lowest BCUT2D eigenvalue weighted by Crippen LogP contribution is -2.02. The minimum absolute atomic E-state index is 0.429. The summed E-state index contributed by atoms with van der Waals surface area (Å²) >= 11 is 1.45. The minimum Gasteiger partial charge on any atom is -0.493 e. The molecule has 7 nitrogen and oxygen atoms in total. The summed E-state index contributed by atoms with van der Waals surface area (Å²) in [5, 5.41) is 5.69. The predicted molar refractivity (Wildman–Crippen MR) is 134 cm³/mol. The molecule has 1 N–H and O–H groups in total. The highest BCUT2D eigenvalue weighted by Crippen LogP contribution is 2.35. The maximum absolute atomic E-state index is 12.2. The summed E-state index contributed by atoms with van der Waals surface area (Å²) in [7, 11) is 3.11. The Morgan fingerprint density at radius 3 is 2.41 bits per heavy atom. The molecule has 2 heterocycles. The number of hydrogen-bond acceptors (Lipinski definition) is 8. The van der Waals surface area contributed by atoms with Crippen LogP contribution >= 0.6 is 11.8 Å². The third-order valence-corrected chi connectivity index (χ3v) is 6.21. The fourth-order valence-electron chi connectivity index (χ4n) is 3.69. The number of ether oxygens (including phenoxy) is 2. The zero-order valence-corrected chi connectivity index (χ0v) is 19.4. The second-order valence-electron chi connectivity index (χ2n) is 7.45. The van der Waals surface area contributed by atoms with Crippen LogP contribution in [0.15, 0.2) is 87.2 Å². The molecule has 5 aromatic rings. The number of aromatic nitrogens is 2. The number of methoxy groups -OCH3 is 2. The van der Waals surface area contributed by atoms with Crippen molar-refractivity contribution < 1.29 is 13.9 Å². The molecule has 5 rings (SSSR count). The molecule has 0 saturated carbocycles. The molecule has 0 aliphatic heterocycles. The largest absolute Gasteiger partial charge is 0.493 e. The van der Waals surface area contributed by atoms with Crippen LogP contribution in [0.25, 0.3) is 21.9 Å². The summed E-state index contributed by atoms with van der Waals surface area (Å²) in [4.78, 5) is 21.7. The van der Waals surface area contributed by atoms with Gasteiger partial charge >= 0.3 is 5.63 Å². The molecule has 0 aliphatic carbocycles. The minimum atomic E-state index is -0.429. The number of para-hydroxylation sites is 2. The number of benzene rings is 3. The molecule has 0 spiro atoms. The molecule has 0 saturated heterocycles. The molecule has 170 valence electrons. The Bertz CT molecular complexity index is 1540. The summed E-state index contributed by atoms with van der Waals surface area (Å²) in [5.41, 5.74) is 2.58. The van der Waals surface area contributed by atoms with Gasteiger partial charge in [0.1, 0.15) is 11.4 Å². The lowest BCUT2D eigenvalue weighted by molar-refractivity contribution is 0.355. The van der Waals surface area contributed by atoms with E-state index in [1.807, 2.05) is 60.7 Å². The topological polar surface area (TPSA) is 86.5 Å². The summed E-state index contributed by atoms with van der Waals surface area (Å²) in [6, 6.07) is 22.7. The van der Waals surface area contributed by atoms with Crippen molar-refractivity contribution >= 4 is 45.1 Å². The van der Waals surface area contributed by atoms with Crippen molar-refractivity contribution in [1.82, 2.24) is 9.97 Å². The van der Waals surface area contributed by atoms with Crippen LogP contribution in [0.1, 0.15) is 5.56 Å². The van der Waals surface area contributed by atoms with E-state index in [2.05, 4.69) is 5.32 Å². The van der Waals surface area contributed by atoms with E-state index < -0.39 is 5.63 Å².